The van der Waals surface area contributed by atoms with Crippen LogP contribution in [0.4, 0.5) is 19.0 Å². The summed E-state index contributed by atoms with van der Waals surface area (Å²) in [5, 5.41) is 13.6. The third-order valence-electron chi connectivity index (χ3n) is 6.45. The van der Waals surface area contributed by atoms with E-state index >= 15 is 0 Å². The monoisotopic (exact) mass is 516 g/mol. The Morgan fingerprint density at radius 3 is 2.50 bits per heavy atom. The number of carbonyl (C=O) groups is 1. The van der Waals surface area contributed by atoms with Crippen LogP contribution in [-0.2, 0) is 12.7 Å². The third kappa shape index (κ3) is 4.64. The summed E-state index contributed by atoms with van der Waals surface area (Å²) in [6, 6.07) is 4.96. The first kappa shape index (κ1) is 24.2. The van der Waals surface area contributed by atoms with E-state index in [1.54, 1.807) is 10.8 Å². The molecular formula is C24H23F3N6O2S. The summed E-state index contributed by atoms with van der Waals surface area (Å²) in [4.78, 5) is 30.2. The second-order valence-electron chi connectivity index (χ2n) is 8.99. The van der Waals surface area contributed by atoms with Crippen LogP contribution in [0.3, 0.4) is 0 Å². The number of aromatic carboxylic acids is 1. The van der Waals surface area contributed by atoms with E-state index in [0.717, 1.165) is 36.3 Å². The molecule has 188 valence electrons. The number of thiazole rings is 1. The lowest BCUT2D eigenvalue weighted by Crippen LogP contribution is -2.31. The summed E-state index contributed by atoms with van der Waals surface area (Å²) in [6.07, 6.45) is 0.564. The molecule has 0 bridgehead atoms. The number of anilines is 1. The minimum atomic E-state index is -4.43. The lowest BCUT2D eigenvalue weighted by Gasteiger charge is -2.32. The number of imidazole rings is 1. The molecule has 8 nitrogen and oxygen atoms in total. The first-order valence-electron chi connectivity index (χ1n) is 11.5. The summed E-state index contributed by atoms with van der Waals surface area (Å²) >= 11 is 1.41. The molecule has 0 radical (unpaired) electrons. The first-order chi connectivity index (χ1) is 17.1. The highest BCUT2D eigenvalue weighted by Crippen LogP contribution is 2.35. The van der Waals surface area contributed by atoms with E-state index in [9.17, 15) is 23.1 Å². The minimum Gasteiger partial charge on any atom is -0.475 e. The lowest BCUT2D eigenvalue weighted by atomic mass is 9.80. The van der Waals surface area contributed by atoms with Crippen molar-refractivity contribution in [1.82, 2.24) is 24.5 Å². The second-order valence-corrected chi connectivity index (χ2v) is 10.2. The SMILES string of the molecule is Cc1cnc(-c2nc3nc(C(=O)O)nc(N[C@H](C)C4CCC4)c3n2Cc2ccc(C(F)(F)F)cc2)s1. The molecule has 5 rings (SSSR count). The van der Waals surface area contributed by atoms with Gasteiger partial charge in [0.25, 0.3) is 0 Å². The van der Waals surface area contributed by atoms with Crippen molar-refractivity contribution in [3.05, 3.63) is 52.3 Å². The molecule has 0 saturated heterocycles. The number of benzene rings is 1. The van der Waals surface area contributed by atoms with E-state index < -0.39 is 17.7 Å². The van der Waals surface area contributed by atoms with Crippen molar-refractivity contribution in [2.75, 3.05) is 5.32 Å². The van der Waals surface area contributed by atoms with E-state index in [-0.39, 0.29) is 24.1 Å². The second kappa shape index (κ2) is 9.16. The van der Waals surface area contributed by atoms with Gasteiger partial charge in [0.15, 0.2) is 22.3 Å². The highest BCUT2D eigenvalue weighted by molar-refractivity contribution is 7.14. The van der Waals surface area contributed by atoms with Gasteiger partial charge in [-0.1, -0.05) is 18.6 Å². The maximum atomic E-state index is 13.1. The normalized spacial score (nSPS) is 15.1. The molecular weight excluding hydrogens is 493 g/mol. The first-order valence-corrected chi connectivity index (χ1v) is 12.3. The largest absolute Gasteiger partial charge is 0.475 e. The van der Waals surface area contributed by atoms with E-state index in [0.29, 0.717) is 33.6 Å². The quantitative estimate of drug-likeness (QED) is 0.328. The molecule has 12 heteroatoms. The molecule has 0 amide bonds. The van der Waals surface area contributed by atoms with Crippen molar-refractivity contribution in [3.63, 3.8) is 0 Å². The van der Waals surface area contributed by atoms with Gasteiger partial charge in [0.05, 0.1) is 5.56 Å². The summed E-state index contributed by atoms with van der Waals surface area (Å²) in [5.74, 6) is -0.447. The van der Waals surface area contributed by atoms with Crippen LogP contribution < -0.4 is 5.32 Å². The number of carboxylic acid groups (broad SMARTS) is 1. The van der Waals surface area contributed by atoms with Gasteiger partial charge in [-0.15, -0.1) is 11.3 Å². The fraction of sp³-hybridized carbons (Fsp3) is 0.375. The number of aryl methyl sites for hydroxylation is 1. The Morgan fingerprint density at radius 1 is 1.22 bits per heavy atom. The van der Waals surface area contributed by atoms with Crippen molar-refractivity contribution in [3.8, 4) is 10.8 Å². The van der Waals surface area contributed by atoms with Gasteiger partial charge in [-0.2, -0.15) is 13.2 Å². The van der Waals surface area contributed by atoms with Crippen molar-refractivity contribution < 1.29 is 23.1 Å². The van der Waals surface area contributed by atoms with Gasteiger partial charge >= 0.3 is 12.1 Å². The van der Waals surface area contributed by atoms with E-state index in [1.165, 1.54) is 23.5 Å². The predicted molar refractivity (Wildman–Crippen MR) is 129 cm³/mol. The minimum absolute atomic E-state index is 0.0403. The number of rotatable bonds is 7. The van der Waals surface area contributed by atoms with E-state index in [1.807, 2.05) is 13.8 Å². The Labute approximate surface area is 208 Å². The van der Waals surface area contributed by atoms with Crippen LogP contribution in [-0.4, -0.2) is 41.6 Å². The number of halogens is 3. The molecule has 1 aliphatic rings. The maximum Gasteiger partial charge on any atom is 0.416 e. The van der Waals surface area contributed by atoms with Crippen molar-refractivity contribution >= 4 is 34.3 Å². The van der Waals surface area contributed by atoms with Crippen LogP contribution in [0.25, 0.3) is 22.0 Å². The molecule has 1 saturated carbocycles. The van der Waals surface area contributed by atoms with Crippen molar-refractivity contribution in [2.45, 2.75) is 51.9 Å². The van der Waals surface area contributed by atoms with Gasteiger partial charge in [-0.3, -0.25) is 0 Å². The Kier molecular flexibility index (Phi) is 6.15. The Hall–Kier alpha value is -3.54. The van der Waals surface area contributed by atoms with Gasteiger partial charge in [0, 0.05) is 23.7 Å². The number of hydrogen-bond donors (Lipinski definition) is 2. The zero-order valence-electron chi connectivity index (χ0n) is 19.5. The van der Waals surface area contributed by atoms with Crippen molar-refractivity contribution in [2.24, 2.45) is 5.92 Å². The fourth-order valence-electron chi connectivity index (χ4n) is 4.26. The molecule has 1 atom stereocenters. The summed E-state index contributed by atoms with van der Waals surface area (Å²) in [5.41, 5.74) is 0.537. The average Bonchev–Trinajstić information content (AvgIpc) is 3.35. The summed E-state index contributed by atoms with van der Waals surface area (Å²) in [6.45, 7) is 4.10. The molecule has 1 aromatic carbocycles. The van der Waals surface area contributed by atoms with Gasteiger partial charge < -0.3 is 15.0 Å². The molecule has 3 aromatic heterocycles. The number of aromatic nitrogens is 5. The van der Waals surface area contributed by atoms with Crippen molar-refractivity contribution in [1.29, 1.82) is 0 Å². The molecule has 4 aromatic rings. The van der Waals surface area contributed by atoms with Crippen LogP contribution in [0.15, 0.2) is 30.5 Å². The van der Waals surface area contributed by atoms with Gasteiger partial charge in [-0.25, -0.2) is 24.7 Å². The summed E-state index contributed by atoms with van der Waals surface area (Å²) < 4.78 is 41.0. The van der Waals surface area contributed by atoms with Gasteiger partial charge in [0.1, 0.15) is 5.52 Å². The average molecular weight is 517 g/mol. The number of carboxylic acids is 1. The zero-order valence-corrected chi connectivity index (χ0v) is 20.3. The predicted octanol–water partition coefficient (Wildman–Crippen LogP) is 5.62. The molecule has 0 aliphatic heterocycles. The topological polar surface area (TPSA) is 106 Å². The summed E-state index contributed by atoms with van der Waals surface area (Å²) in [7, 11) is 0. The van der Waals surface area contributed by atoms with Crippen LogP contribution in [0.5, 0.6) is 0 Å². The Bertz CT molecular complexity index is 1430. The van der Waals surface area contributed by atoms with Crippen LogP contribution in [0.1, 0.15) is 52.8 Å². The molecule has 0 unspecified atom stereocenters. The number of nitrogens with zero attached hydrogens (tertiary/aromatic N) is 5. The van der Waals surface area contributed by atoms with Crippen LogP contribution in [0.2, 0.25) is 0 Å². The molecule has 2 N–H and O–H groups in total. The highest BCUT2D eigenvalue weighted by Gasteiger charge is 2.31. The van der Waals surface area contributed by atoms with Gasteiger partial charge in [-0.05, 0) is 50.3 Å². The molecule has 1 fully saturated rings. The Balaban J connectivity index is 1.66. The number of fused-ring (bicyclic) bond motifs is 1. The zero-order chi connectivity index (χ0) is 25.6. The number of nitrogens with one attached hydrogen (secondary N) is 1. The molecule has 36 heavy (non-hydrogen) atoms. The van der Waals surface area contributed by atoms with E-state index in [4.69, 9.17) is 0 Å². The standard InChI is InChI=1S/C24H23F3N6O2S/c1-12-10-28-22(36-12)21-32-19-17(33(21)11-14-6-8-16(9-7-14)24(25,26)27)18(30-20(31-19)23(34)35)29-13(2)15-4-3-5-15/h6-10,13,15H,3-5,11H2,1-2H3,(H,34,35)(H,29,30,31)/t13-/m1/s1. The fourth-order valence-corrected chi connectivity index (χ4v) is 5.03. The lowest BCUT2D eigenvalue weighted by molar-refractivity contribution is -0.137. The third-order valence-corrected chi connectivity index (χ3v) is 7.36. The Morgan fingerprint density at radius 2 is 1.94 bits per heavy atom. The van der Waals surface area contributed by atoms with Crippen LogP contribution >= 0.6 is 11.3 Å². The van der Waals surface area contributed by atoms with E-state index in [2.05, 4.69) is 25.3 Å². The maximum absolute atomic E-state index is 13.1. The molecule has 0 spiro atoms. The number of hydrogen-bond acceptors (Lipinski definition) is 7. The smallest absolute Gasteiger partial charge is 0.416 e. The van der Waals surface area contributed by atoms with Crippen LogP contribution in [0, 0.1) is 12.8 Å². The number of alkyl halides is 3. The highest BCUT2D eigenvalue weighted by atomic mass is 32.1. The molecule has 1 aliphatic carbocycles. The molecule has 3 heterocycles. The van der Waals surface area contributed by atoms with Gasteiger partial charge in [0.2, 0.25) is 5.82 Å².